The van der Waals surface area contributed by atoms with Crippen molar-refractivity contribution in [2.75, 3.05) is 13.7 Å². The average molecular weight is 601 g/mol. The van der Waals surface area contributed by atoms with Crippen LogP contribution >= 0.6 is 15.6 Å². The molecule has 0 saturated heterocycles. The molecule has 3 N–H and O–H groups in total. The van der Waals surface area contributed by atoms with Gasteiger partial charge in [0.2, 0.25) is 0 Å². The van der Waals surface area contributed by atoms with E-state index >= 15 is 0 Å². The molecular weight excluding hydrogens is 574 g/mol. The Kier molecular flexibility index (Phi) is 14.6. The van der Waals surface area contributed by atoms with Gasteiger partial charge in [-0.05, 0) is 60.6 Å². The molecule has 0 atom stereocenters. The van der Waals surface area contributed by atoms with Gasteiger partial charge in [-0.25, -0.2) is 4.57 Å². The molecule has 16 heteroatoms. The molecular formula is C23H27NNa2O11P2. The number of rotatable bonds is 8. The number of nitrogens with zero attached hydrogens (tertiary/aromatic N) is 1. The zero-order valence-corrected chi connectivity index (χ0v) is 27.9. The summed E-state index contributed by atoms with van der Waals surface area (Å²) in [7, 11) is -8.31. The van der Waals surface area contributed by atoms with Crippen LogP contribution in [0.5, 0.6) is 11.5 Å². The number of phosphoric ester groups is 1. The van der Waals surface area contributed by atoms with Crippen molar-refractivity contribution >= 4 is 26.5 Å². The van der Waals surface area contributed by atoms with E-state index in [1.165, 1.54) is 10.8 Å². The fourth-order valence-corrected chi connectivity index (χ4v) is 4.45. The maximum Gasteiger partial charge on any atom is 1.00 e. The minimum Gasteiger partial charge on any atom is -0.790 e. The number of hydrogen-bond acceptors (Lipinski definition) is 8. The Bertz CT molecular complexity index is 1410. The number of methoxy groups -OCH3 is 1. The molecule has 0 bridgehead atoms. The third-order valence-electron chi connectivity index (χ3n) is 5.60. The van der Waals surface area contributed by atoms with E-state index in [-0.39, 0.29) is 64.5 Å². The van der Waals surface area contributed by atoms with Crippen molar-refractivity contribution < 1.29 is 107 Å². The molecule has 12 nitrogen and oxygen atoms in total. The fourth-order valence-electron chi connectivity index (χ4n) is 4.18. The van der Waals surface area contributed by atoms with Crippen molar-refractivity contribution in [3.63, 3.8) is 0 Å². The summed E-state index contributed by atoms with van der Waals surface area (Å²) in [5.41, 5.74) is 3.27. The SMILES string of the molecule is CCCOc1cc2c(c3c(=O)c(-c4ccc(OC)cc4)cn(COP(=O)([O-])[O-])c13)CCC2.O=P(O)(O)O.[Na+].[Na+]. The number of aromatic nitrogens is 1. The number of benzene rings is 2. The molecule has 4 rings (SSSR count). The molecule has 1 aliphatic rings. The first-order valence-corrected chi connectivity index (χ1v) is 14.3. The molecule has 1 heterocycles. The molecule has 1 aromatic heterocycles. The van der Waals surface area contributed by atoms with Crippen LogP contribution in [0.3, 0.4) is 0 Å². The second kappa shape index (κ2) is 15.6. The zero-order valence-electron chi connectivity index (χ0n) is 22.2. The van der Waals surface area contributed by atoms with Crippen molar-refractivity contribution in [1.29, 1.82) is 0 Å². The topological polar surface area (TPSA) is 191 Å². The molecule has 3 aromatic rings. The van der Waals surface area contributed by atoms with Crippen LogP contribution in [0.1, 0.15) is 30.9 Å². The third-order valence-corrected chi connectivity index (χ3v) is 6.03. The van der Waals surface area contributed by atoms with Crippen LogP contribution in [0.15, 0.2) is 41.3 Å². The summed E-state index contributed by atoms with van der Waals surface area (Å²) in [6, 6.07) is 8.92. The number of hydrogen-bond donors (Lipinski definition) is 3. The quantitative estimate of drug-likeness (QED) is 0.168. The first-order chi connectivity index (χ1) is 17.3. The van der Waals surface area contributed by atoms with E-state index in [1.54, 1.807) is 31.4 Å². The second-order valence-electron chi connectivity index (χ2n) is 8.23. The zero-order chi connectivity index (χ0) is 27.4. The summed E-state index contributed by atoms with van der Waals surface area (Å²) >= 11 is 0. The second-order valence-corrected chi connectivity index (χ2v) is 10.4. The summed E-state index contributed by atoms with van der Waals surface area (Å²) in [6.45, 7) is 1.86. The van der Waals surface area contributed by atoms with Crippen LogP contribution in [0, 0.1) is 0 Å². The Morgan fingerprint density at radius 2 is 1.67 bits per heavy atom. The molecule has 202 valence electrons. The first-order valence-electron chi connectivity index (χ1n) is 11.3. The van der Waals surface area contributed by atoms with E-state index < -0.39 is 22.4 Å². The standard InChI is InChI=1S/C23H26NO7P.2Na.H3O4P/c1-3-11-30-20-12-16-5-4-6-18(16)21-22(20)24(14-31-32(26,27)28)13-19(23(21)25)15-7-9-17(29-2)10-8-15;;;1-5(2,3)4/h7-10,12-13H,3-6,11,14H2,1-2H3,(H2,26,27,28);;;(H3,1,2,3,4)/q;2*+1;/p-2. The third kappa shape index (κ3) is 10.4. The number of aryl methyl sites for hydroxylation is 2. The number of pyridine rings is 1. The Balaban J connectivity index is 0.000000998. The number of fused-ring (bicyclic) bond motifs is 3. The van der Waals surface area contributed by atoms with Gasteiger partial charge in [0.15, 0.2) is 5.43 Å². The molecule has 0 fully saturated rings. The minimum atomic E-state index is -5.23. The van der Waals surface area contributed by atoms with Crippen LogP contribution in [0.25, 0.3) is 22.0 Å². The molecule has 1 aliphatic carbocycles. The Hall–Kier alpha value is -0.530. The predicted octanol–water partition coefficient (Wildman–Crippen LogP) is -4.16. The van der Waals surface area contributed by atoms with Crippen molar-refractivity contribution in [3.8, 4) is 22.6 Å². The summed E-state index contributed by atoms with van der Waals surface area (Å²) in [4.78, 5) is 57.7. The molecule has 0 saturated carbocycles. The van der Waals surface area contributed by atoms with E-state index in [0.717, 1.165) is 36.8 Å². The molecule has 39 heavy (non-hydrogen) atoms. The monoisotopic (exact) mass is 601 g/mol. The number of ether oxygens (including phenoxy) is 2. The average Bonchev–Trinajstić information content (AvgIpc) is 3.29. The Labute approximate surface area is 269 Å². The summed E-state index contributed by atoms with van der Waals surface area (Å²) in [5.74, 6) is 1.13. The van der Waals surface area contributed by atoms with Crippen LogP contribution in [-0.4, -0.2) is 33.0 Å². The first kappa shape index (κ1) is 36.5. The smallest absolute Gasteiger partial charge is 0.790 e. The molecule has 2 aromatic carbocycles. The van der Waals surface area contributed by atoms with E-state index in [0.29, 0.717) is 40.1 Å². The summed E-state index contributed by atoms with van der Waals surface area (Å²) in [5, 5.41) is 0.481. The van der Waals surface area contributed by atoms with Gasteiger partial charge in [-0.2, -0.15) is 0 Å². The van der Waals surface area contributed by atoms with E-state index in [9.17, 15) is 19.1 Å². The van der Waals surface area contributed by atoms with E-state index in [4.69, 9.17) is 28.7 Å². The van der Waals surface area contributed by atoms with Gasteiger partial charge >= 0.3 is 66.9 Å². The summed E-state index contributed by atoms with van der Waals surface area (Å²) in [6.07, 6.45) is 4.78. The molecule has 0 unspecified atom stereocenters. The molecule has 0 aliphatic heterocycles. The van der Waals surface area contributed by atoms with Gasteiger partial charge in [0.1, 0.15) is 18.2 Å². The largest absolute Gasteiger partial charge is 1.00 e. The van der Waals surface area contributed by atoms with Crippen LogP contribution in [0.4, 0.5) is 0 Å². The maximum absolute atomic E-state index is 13.7. The van der Waals surface area contributed by atoms with Crippen molar-refractivity contribution in [1.82, 2.24) is 4.57 Å². The normalized spacial score (nSPS) is 12.5. The Morgan fingerprint density at radius 3 is 2.21 bits per heavy atom. The van der Waals surface area contributed by atoms with Gasteiger partial charge in [0.05, 0.1) is 32.4 Å². The van der Waals surface area contributed by atoms with Crippen LogP contribution in [-0.2, 0) is 33.2 Å². The van der Waals surface area contributed by atoms with Crippen molar-refractivity contribution in [2.24, 2.45) is 0 Å². The molecule has 0 radical (unpaired) electrons. The van der Waals surface area contributed by atoms with Crippen LogP contribution < -0.4 is 83.8 Å². The van der Waals surface area contributed by atoms with E-state index in [2.05, 4.69) is 4.52 Å². The van der Waals surface area contributed by atoms with Crippen LogP contribution in [0.2, 0.25) is 0 Å². The van der Waals surface area contributed by atoms with Crippen molar-refractivity contribution in [2.45, 2.75) is 39.3 Å². The Morgan fingerprint density at radius 1 is 1.05 bits per heavy atom. The van der Waals surface area contributed by atoms with E-state index in [1.807, 2.05) is 13.0 Å². The van der Waals surface area contributed by atoms with Crippen molar-refractivity contribution in [3.05, 3.63) is 57.9 Å². The minimum absolute atomic E-state index is 0. The number of phosphoric acid groups is 2. The fraction of sp³-hybridized carbons (Fsp3) is 0.348. The van der Waals surface area contributed by atoms with Gasteiger partial charge < -0.3 is 47.6 Å². The van der Waals surface area contributed by atoms with Gasteiger partial charge in [0, 0.05) is 11.8 Å². The maximum atomic E-state index is 13.7. The van der Waals surface area contributed by atoms with Gasteiger partial charge in [0.25, 0.3) is 0 Å². The molecule has 0 spiro atoms. The molecule has 0 amide bonds. The van der Waals surface area contributed by atoms with Gasteiger partial charge in [-0.15, -0.1) is 0 Å². The van der Waals surface area contributed by atoms with Gasteiger partial charge in [-0.3, -0.25) is 4.79 Å². The predicted molar refractivity (Wildman–Crippen MR) is 131 cm³/mol. The van der Waals surface area contributed by atoms with Gasteiger partial charge in [-0.1, -0.05) is 19.1 Å². The summed E-state index contributed by atoms with van der Waals surface area (Å²) < 4.78 is 37.3.